The number of aryl methyl sites for hydroxylation is 2. The van der Waals surface area contributed by atoms with Gasteiger partial charge in [-0.2, -0.15) is 4.98 Å². The van der Waals surface area contributed by atoms with Crippen molar-refractivity contribution in [3.05, 3.63) is 29.2 Å². The molecule has 0 aliphatic rings. The van der Waals surface area contributed by atoms with E-state index in [1.54, 1.807) is 17.5 Å². The van der Waals surface area contributed by atoms with Crippen LogP contribution < -0.4 is 5.32 Å². The number of anilines is 1. The van der Waals surface area contributed by atoms with Crippen LogP contribution in [0.2, 0.25) is 0 Å². The highest BCUT2D eigenvalue weighted by atomic mass is 32.1. The number of rotatable bonds is 2. The van der Waals surface area contributed by atoms with E-state index in [4.69, 9.17) is 0 Å². The largest absolute Gasteiger partial charge is 0.357 e. The number of hydrogen-bond donors (Lipinski definition) is 1. The molecule has 0 radical (unpaired) electrons. The predicted octanol–water partition coefficient (Wildman–Crippen LogP) is 2.54. The quantitative estimate of drug-likeness (QED) is 0.768. The molecule has 0 unspecified atom stereocenters. The molecule has 3 rings (SSSR count). The van der Waals surface area contributed by atoms with E-state index >= 15 is 0 Å². The van der Waals surface area contributed by atoms with Crippen LogP contribution in [0.5, 0.6) is 0 Å². The van der Waals surface area contributed by atoms with Gasteiger partial charge in [0.2, 0.25) is 5.95 Å². The van der Waals surface area contributed by atoms with E-state index in [2.05, 4.69) is 33.3 Å². The molecule has 0 bridgehead atoms. The van der Waals surface area contributed by atoms with Crippen LogP contribution in [0.4, 0.5) is 5.95 Å². The Morgan fingerprint density at radius 2 is 2.11 bits per heavy atom. The lowest BCUT2D eigenvalue weighted by atomic mass is 10.3. The SMILES string of the molecule is CNc1nc(-n2ccnc2C)c2cc(C)sc2n1. The highest BCUT2D eigenvalue weighted by Gasteiger charge is 2.12. The smallest absolute Gasteiger partial charge is 0.225 e. The van der Waals surface area contributed by atoms with E-state index in [1.807, 2.05) is 24.7 Å². The first-order valence-electron chi connectivity index (χ1n) is 5.65. The van der Waals surface area contributed by atoms with E-state index in [-0.39, 0.29) is 0 Å². The lowest BCUT2D eigenvalue weighted by Gasteiger charge is -2.07. The fourth-order valence-corrected chi connectivity index (χ4v) is 2.80. The molecule has 5 nitrogen and oxygen atoms in total. The van der Waals surface area contributed by atoms with Crippen LogP contribution in [-0.4, -0.2) is 26.6 Å². The fraction of sp³-hybridized carbons (Fsp3) is 0.250. The van der Waals surface area contributed by atoms with Gasteiger partial charge < -0.3 is 5.32 Å². The van der Waals surface area contributed by atoms with Crippen LogP contribution in [0.1, 0.15) is 10.7 Å². The summed E-state index contributed by atoms with van der Waals surface area (Å²) in [6.45, 7) is 4.04. The molecule has 18 heavy (non-hydrogen) atoms. The zero-order valence-electron chi connectivity index (χ0n) is 10.4. The summed E-state index contributed by atoms with van der Waals surface area (Å²) in [6.07, 6.45) is 3.70. The summed E-state index contributed by atoms with van der Waals surface area (Å²) in [5.74, 6) is 2.43. The van der Waals surface area contributed by atoms with Gasteiger partial charge in [0.1, 0.15) is 10.7 Å². The minimum Gasteiger partial charge on any atom is -0.357 e. The summed E-state index contributed by atoms with van der Waals surface area (Å²) >= 11 is 1.67. The number of aromatic nitrogens is 4. The van der Waals surface area contributed by atoms with Crippen molar-refractivity contribution in [3.8, 4) is 5.82 Å². The molecule has 0 atom stereocenters. The van der Waals surface area contributed by atoms with E-state index in [0.29, 0.717) is 5.95 Å². The van der Waals surface area contributed by atoms with E-state index in [0.717, 1.165) is 21.9 Å². The number of imidazole rings is 1. The van der Waals surface area contributed by atoms with Crippen molar-refractivity contribution in [2.45, 2.75) is 13.8 Å². The molecule has 0 aliphatic carbocycles. The average Bonchev–Trinajstić information content (AvgIpc) is 2.92. The molecule has 0 amide bonds. The van der Waals surface area contributed by atoms with Crippen molar-refractivity contribution in [3.63, 3.8) is 0 Å². The Morgan fingerprint density at radius 3 is 2.78 bits per heavy atom. The standard InChI is InChI=1S/C12H13N5S/c1-7-6-9-10(17-5-4-14-8(17)2)15-12(13-3)16-11(9)18-7/h4-6H,1-3H3,(H,13,15,16). The summed E-state index contributed by atoms with van der Waals surface area (Å²) in [4.78, 5) is 15.5. The Kier molecular flexibility index (Phi) is 2.52. The van der Waals surface area contributed by atoms with Crippen molar-refractivity contribution < 1.29 is 0 Å². The molecule has 6 heteroatoms. The minimum atomic E-state index is 0.632. The molecule has 0 spiro atoms. The molecule has 1 N–H and O–H groups in total. The van der Waals surface area contributed by atoms with E-state index in [1.165, 1.54) is 4.88 Å². The molecule has 3 aromatic rings. The van der Waals surface area contributed by atoms with Crippen molar-refractivity contribution in [2.24, 2.45) is 0 Å². The summed E-state index contributed by atoms with van der Waals surface area (Å²) in [6, 6.07) is 2.12. The van der Waals surface area contributed by atoms with E-state index < -0.39 is 0 Å². The summed E-state index contributed by atoms with van der Waals surface area (Å²) < 4.78 is 1.98. The Labute approximate surface area is 109 Å². The topological polar surface area (TPSA) is 55.6 Å². The zero-order chi connectivity index (χ0) is 12.7. The van der Waals surface area contributed by atoms with Crippen LogP contribution in [0.15, 0.2) is 18.5 Å². The number of nitrogens with one attached hydrogen (secondary N) is 1. The third-order valence-corrected chi connectivity index (χ3v) is 3.72. The van der Waals surface area contributed by atoms with Gasteiger partial charge in [0.15, 0.2) is 5.82 Å². The molecule has 92 valence electrons. The molecule has 0 aliphatic heterocycles. The maximum absolute atomic E-state index is 4.54. The normalized spacial score (nSPS) is 11.1. The number of fused-ring (bicyclic) bond motifs is 1. The molecular formula is C12H13N5S. The van der Waals surface area contributed by atoms with Crippen molar-refractivity contribution in [2.75, 3.05) is 12.4 Å². The molecule has 3 heterocycles. The van der Waals surface area contributed by atoms with Gasteiger partial charge >= 0.3 is 0 Å². The Bertz CT molecular complexity index is 712. The van der Waals surface area contributed by atoms with Gasteiger partial charge in [0.05, 0.1) is 5.39 Å². The lowest BCUT2D eigenvalue weighted by Crippen LogP contribution is -2.04. The number of nitrogens with zero attached hydrogens (tertiary/aromatic N) is 4. The Hall–Kier alpha value is -1.95. The number of hydrogen-bond acceptors (Lipinski definition) is 5. The van der Waals surface area contributed by atoms with Crippen molar-refractivity contribution in [1.82, 2.24) is 19.5 Å². The van der Waals surface area contributed by atoms with Gasteiger partial charge in [0, 0.05) is 24.3 Å². The lowest BCUT2D eigenvalue weighted by molar-refractivity contribution is 0.937. The van der Waals surface area contributed by atoms with Gasteiger partial charge in [-0.05, 0) is 19.9 Å². The van der Waals surface area contributed by atoms with Crippen LogP contribution in [-0.2, 0) is 0 Å². The van der Waals surface area contributed by atoms with Crippen LogP contribution in [0.25, 0.3) is 16.0 Å². The van der Waals surface area contributed by atoms with Crippen LogP contribution in [0.3, 0.4) is 0 Å². The first-order chi connectivity index (χ1) is 8.69. The highest BCUT2D eigenvalue weighted by Crippen LogP contribution is 2.29. The Balaban J connectivity index is 2.36. The summed E-state index contributed by atoms with van der Waals surface area (Å²) in [5.41, 5.74) is 0. The maximum Gasteiger partial charge on any atom is 0.225 e. The van der Waals surface area contributed by atoms with Crippen molar-refractivity contribution in [1.29, 1.82) is 0 Å². The van der Waals surface area contributed by atoms with Crippen LogP contribution >= 0.6 is 11.3 Å². The Morgan fingerprint density at radius 1 is 1.28 bits per heavy atom. The van der Waals surface area contributed by atoms with Crippen LogP contribution in [0, 0.1) is 13.8 Å². The zero-order valence-corrected chi connectivity index (χ0v) is 11.2. The average molecular weight is 259 g/mol. The second kappa shape index (κ2) is 4.06. The van der Waals surface area contributed by atoms with Gasteiger partial charge in [-0.25, -0.2) is 9.97 Å². The molecule has 0 saturated heterocycles. The second-order valence-electron chi connectivity index (χ2n) is 4.04. The predicted molar refractivity (Wildman–Crippen MR) is 73.6 cm³/mol. The summed E-state index contributed by atoms with van der Waals surface area (Å²) in [5, 5.41) is 4.07. The third-order valence-electron chi connectivity index (χ3n) is 2.77. The molecule has 0 saturated carbocycles. The highest BCUT2D eigenvalue weighted by molar-refractivity contribution is 7.18. The fourth-order valence-electron chi connectivity index (χ4n) is 1.92. The monoisotopic (exact) mass is 259 g/mol. The van der Waals surface area contributed by atoms with Gasteiger partial charge in [-0.3, -0.25) is 4.57 Å². The molecular weight excluding hydrogens is 246 g/mol. The van der Waals surface area contributed by atoms with Crippen molar-refractivity contribution >= 4 is 27.5 Å². The second-order valence-corrected chi connectivity index (χ2v) is 5.28. The van der Waals surface area contributed by atoms with E-state index in [9.17, 15) is 0 Å². The van der Waals surface area contributed by atoms with Gasteiger partial charge in [-0.15, -0.1) is 11.3 Å². The van der Waals surface area contributed by atoms with Gasteiger partial charge in [-0.1, -0.05) is 0 Å². The first-order valence-corrected chi connectivity index (χ1v) is 6.47. The summed E-state index contributed by atoms with van der Waals surface area (Å²) in [7, 11) is 1.83. The third kappa shape index (κ3) is 1.65. The molecule has 0 aromatic carbocycles. The van der Waals surface area contributed by atoms with Gasteiger partial charge in [0.25, 0.3) is 0 Å². The maximum atomic E-state index is 4.54. The first kappa shape index (κ1) is 11.2. The minimum absolute atomic E-state index is 0.632. The molecule has 3 aromatic heterocycles. The number of thiophene rings is 1. The molecule has 0 fully saturated rings.